The predicted octanol–water partition coefficient (Wildman–Crippen LogP) is 6.44. The molecule has 5 rings (SSSR count). The summed E-state index contributed by atoms with van der Waals surface area (Å²) in [6.45, 7) is 0.552. The number of aromatic nitrogens is 6. The molecular weight excluding hydrogens is 487 g/mol. The van der Waals surface area contributed by atoms with Crippen molar-refractivity contribution >= 4 is 35.0 Å². The van der Waals surface area contributed by atoms with Crippen LogP contribution >= 0.6 is 35.0 Å². The van der Waals surface area contributed by atoms with Gasteiger partial charge in [-0.3, -0.25) is 0 Å². The monoisotopic (exact) mass is 504 g/mol. The van der Waals surface area contributed by atoms with Gasteiger partial charge in [0.25, 0.3) is 0 Å². The summed E-state index contributed by atoms with van der Waals surface area (Å²) in [6.07, 6.45) is 1.90. The van der Waals surface area contributed by atoms with Crippen molar-refractivity contribution < 1.29 is 0 Å². The first-order valence-electron chi connectivity index (χ1n) is 10.5. The summed E-state index contributed by atoms with van der Waals surface area (Å²) in [5, 5.41) is 19.0. The molecule has 6 nitrogen and oxygen atoms in total. The fraction of sp³-hybridized carbons (Fsp3) is 0.0800. The second-order valence-electron chi connectivity index (χ2n) is 7.47. The molecule has 0 saturated heterocycles. The van der Waals surface area contributed by atoms with Crippen molar-refractivity contribution in [1.29, 1.82) is 0 Å². The van der Waals surface area contributed by atoms with Crippen LogP contribution in [0, 0.1) is 0 Å². The number of hydrogen-bond donors (Lipinski definition) is 0. The Kier molecular flexibility index (Phi) is 6.85. The first-order chi connectivity index (χ1) is 16.7. The second-order valence-corrected chi connectivity index (χ2v) is 9.23. The van der Waals surface area contributed by atoms with Crippen LogP contribution in [0.3, 0.4) is 0 Å². The fourth-order valence-electron chi connectivity index (χ4n) is 3.41. The third-order valence-corrected chi connectivity index (χ3v) is 6.64. The lowest BCUT2D eigenvalue weighted by Crippen LogP contribution is -2.00. The van der Waals surface area contributed by atoms with Crippen LogP contribution in [-0.2, 0) is 12.3 Å². The summed E-state index contributed by atoms with van der Waals surface area (Å²) in [6, 6.07) is 25.5. The minimum Gasteiger partial charge on any atom is -0.248 e. The van der Waals surface area contributed by atoms with Crippen molar-refractivity contribution in [3.8, 4) is 22.5 Å². The van der Waals surface area contributed by atoms with Gasteiger partial charge in [0, 0.05) is 23.1 Å². The number of benzene rings is 3. The van der Waals surface area contributed by atoms with Gasteiger partial charge in [0.2, 0.25) is 5.16 Å². The minimum atomic E-state index is 0.521. The van der Waals surface area contributed by atoms with Crippen molar-refractivity contribution in [2.75, 3.05) is 0 Å². The maximum Gasteiger partial charge on any atom is 0.210 e. The molecule has 0 aliphatic carbocycles. The maximum atomic E-state index is 6.11. The molecule has 0 unspecified atom stereocenters. The Labute approximate surface area is 211 Å². The molecule has 2 aromatic heterocycles. The van der Waals surface area contributed by atoms with Crippen molar-refractivity contribution in [3.05, 3.63) is 106 Å². The summed E-state index contributed by atoms with van der Waals surface area (Å²) < 4.78 is 1.77. The van der Waals surface area contributed by atoms with E-state index < -0.39 is 0 Å². The highest BCUT2D eigenvalue weighted by Crippen LogP contribution is 2.30. The van der Waals surface area contributed by atoms with Gasteiger partial charge in [-0.2, -0.15) is 0 Å². The lowest BCUT2D eigenvalue weighted by Gasteiger charge is -2.09. The minimum absolute atomic E-state index is 0.521. The first kappa shape index (κ1) is 22.5. The van der Waals surface area contributed by atoms with Crippen LogP contribution in [0.5, 0.6) is 0 Å². The van der Waals surface area contributed by atoms with E-state index in [0.29, 0.717) is 27.5 Å². The average molecular weight is 505 g/mol. The van der Waals surface area contributed by atoms with Gasteiger partial charge in [-0.25, -0.2) is 9.67 Å². The summed E-state index contributed by atoms with van der Waals surface area (Å²) in [7, 11) is 0. The molecule has 0 aliphatic heterocycles. The van der Waals surface area contributed by atoms with Gasteiger partial charge < -0.3 is 0 Å². The van der Waals surface area contributed by atoms with Crippen LogP contribution in [0.4, 0.5) is 0 Å². The number of halogens is 2. The number of thioether (sulfide) groups is 1. The summed E-state index contributed by atoms with van der Waals surface area (Å²) in [4.78, 5) is 4.83. The molecule has 2 heterocycles. The normalized spacial score (nSPS) is 11.0. The standard InChI is InChI=1S/C25H18Cl2N6S/c26-21-12-11-17(13-22(21)27)14-33-15-20(29-32-33)16-34-25-28-23(18-7-3-1-4-8-18)24(30-31-25)19-9-5-2-6-10-19/h1-13,15H,14,16H2. The van der Waals surface area contributed by atoms with Crippen LogP contribution in [-0.4, -0.2) is 30.2 Å². The van der Waals surface area contributed by atoms with Gasteiger partial charge in [0.15, 0.2) is 0 Å². The van der Waals surface area contributed by atoms with Gasteiger partial charge in [0.1, 0.15) is 11.4 Å². The third kappa shape index (κ3) is 5.28. The van der Waals surface area contributed by atoms with Crippen LogP contribution in [0.2, 0.25) is 10.0 Å². The lowest BCUT2D eigenvalue weighted by atomic mass is 10.0. The lowest BCUT2D eigenvalue weighted by molar-refractivity contribution is 0.649. The van der Waals surface area contributed by atoms with E-state index in [1.165, 1.54) is 11.8 Å². The maximum absolute atomic E-state index is 6.11. The van der Waals surface area contributed by atoms with Crippen molar-refractivity contribution in [3.63, 3.8) is 0 Å². The molecule has 9 heteroatoms. The van der Waals surface area contributed by atoms with E-state index in [1.807, 2.05) is 79.0 Å². The molecule has 0 amide bonds. The van der Waals surface area contributed by atoms with Gasteiger partial charge in [-0.15, -0.1) is 15.3 Å². The van der Waals surface area contributed by atoms with E-state index in [9.17, 15) is 0 Å². The molecule has 0 bridgehead atoms. The van der Waals surface area contributed by atoms with E-state index in [-0.39, 0.29) is 0 Å². The molecule has 0 N–H and O–H groups in total. The Bertz CT molecular complexity index is 1410. The third-order valence-electron chi connectivity index (χ3n) is 5.03. The van der Waals surface area contributed by atoms with Crippen LogP contribution < -0.4 is 0 Å². The highest BCUT2D eigenvalue weighted by Gasteiger charge is 2.14. The van der Waals surface area contributed by atoms with Gasteiger partial charge in [-0.1, -0.05) is 107 Å². The van der Waals surface area contributed by atoms with Gasteiger partial charge in [-0.05, 0) is 17.7 Å². The van der Waals surface area contributed by atoms with Crippen LogP contribution in [0.1, 0.15) is 11.3 Å². The van der Waals surface area contributed by atoms with E-state index in [4.69, 9.17) is 28.2 Å². The average Bonchev–Trinajstić information content (AvgIpc) is 3.33. The molecule has 3 aromatic carbocycles. The molecule has 168 valence electrons. The molecule has 0 radical (unpaired) electrons. The van der Waals surface area contributed by atoms with Crippen LogP contribution in [0.25, 0.3) is 22.5 Å². The Hall–Kier alpha value is -3.26. The van der Waals surface area contributed by atoms with E-state index in [1.54, 1.807) is 10.7 Å². The Morgan fingerprint density at radius 1 is 0.735 bits per heavy atom. The topological polar surface area (TPSA) is 69.4 Å². The molecule has 5 aromatic rings. The van der Waals surface area contributed by atoms with Crippen molar-refractivity contribution in [1.82, 2.24) is 30.2 Å². The molecular formula is C25H18Cl2N6S. The first-order valence-corrected chi connectivity index (χ1v) is 12.2. The van der Waals surface area contributed by atoms with Crippen molar-refractivity contribution in [2.24, 2.45) is 0 Å². The van der Waals surface area contributed by atoms with E-state index in [2.05, 4.69) is 20.5 Å². The zero-order valence-electron chi connectivity index (χ0n) is 17.8. The fourth-order valence-corrected chi connectivity index (χ4v) is 4.39. The molecule has 0 atom stereocenters. The highest BCUT2D eigenvalue weighted by molar-refractivity contribution is 7.98. The van der Waals surface area contributed by atoms with E-state index in [0.717, 1.165) is 33.8 Å². The number of nitrogens with zero attached hydrogens (tertiary/aromatic N) is 6. The summed E-state index contributed by atoms with van der Waals surface area (Å²) >= 11 is 13.6. The highest BCUT2D eigenvalue weighted by atomic mass is 35.5. The quantitative estimate of drug-likeness (QED) is 0.237. The van der Waals surface area contributed by atoms with Gasteiger partial charge >= 0.3 is 0 Å². The Morgan fingerprint density at radius 2 is 1.44 bits per heavy atom. The molecule has 0 aliphatic rings. The molecule has 0 saturated carbocycles. The van der Waals surface area contributed by atoms with Crippen LogP contribution in [0.15, 0.2) is 90.2 Å². The SMILES string of the molecule is Clc1ccc(Cn2cc(CSc3nnc(-c4ccccc4)c(-c4ccccc4)n3)nn2)cc1Cl. The molecule has 34 heavy (non-hydrogen) atoms. The number of hydrogen-bond acceptors (Lipinski definition) is 6. The second kappa shape index (κ2) is 10.3. The Morgan fingerprint density at radius 3 is 2.15 bits per heavy atom. The smallest absolute Gasteiger partial charge is 0.210 e. The number of rotatable bonds is 7. The zero-order valence-corrected chi connectivity index (χ0v) is 20.2. The summed E-state index contributed by atoms with van der Waals surface area (Å²) in [5.74, 6) is 0.571. The largest absolute Gasteiger partial charge is 0.248 e. The summed E-state index contributed by atoms with van der Waals surface area (Å²) in [5.41, 5.74) is 5.34. The predicted molar refractivity (Wildman–Crippen MR) is 136 cm³/mol. The molecule has 0 spiro atoms. The Balaban J connectivity index is 1.34. The van der Waals surface area contributed by atoms with Gasteiger partial charge in [0.05, 0.1) is 22.3 Å². The zero-order chi connectivity index (χ0) is 23.3. The van der Waals surface area contributed by atoms with Crippen molar-refractivity contribution in [2.45, 2.75) is 17.5 Å². The van der Waals surface area contributed by atoms with E-state index >= 15 is 0 Å². The molecule has 0 fully saturated rings.